The first kappa shape index (κ1) is 13.9. The molecular formula is C17H22O2S. The van der Waals surface area contributed by atoms with E-state index < -0.39 is 14.6 Å². The molecule has 0 saturated heterocycles. The van der Waals surface area contributed by atoms with E-state index in [1.54, 1.807) is 12.1 Å². The first-order valence-corrected chi connectivity index (χ1v) is 8.75. The van der Waals surface area contributed by atoms with Crippen LogP contribution < -0.4 is 0 Å². The monoisotopic (exact) mass is 290 g/mol. The average molecular weight is 290 g/mol. The van der Waals surface area contributed by atoms with Gasteiger partial charge in [0.05, 0.1) is 9.64 Å². The Hall–Kier alpha value is -1.09. The second kappa shape index (κ2) is 4.20. The number of benzene rings is 1. The van der Waals surface area contributed by atoms with Crippen LogP contribution in [0, 0.1) is 24.7 Å². The van der Waals surface area contributed by atoms with Gasteiger partial charge in [0.25, 0.3) is 0 Å². The summed E-state index contributed by atoms with van der Waals surface area (Å²) in [4.78, 5) is 0.486. The van der Waals surface area contributed by atoms with Crippen molar-refractivity contribution in [3.05, 3.63) is 42.0 Å². The molecule has 1 aromatic rings. The standard InChI is InChI=1S/C17H22O2S/c1-11(2)14-9-16-13(4)17(16,10-14)20(18,19)15-7-5-12(3)6-8-15/h5-8,13-14,16H,1,9-10H2,2-4H3/t13-,14+,16+,17+/m1/s1. The highest BCUT2D eigenvalue weighted by molar-refractivity contribution is 7.93. The zero-order valence-corrected chi connectivity index (χ0v) is 13.2. The van der Waals surface area contributed by atoms with E-state index in [9.17, 15) is 8.42 Å². The van der Waals surface area contributed by atoms with Gasteiger partial charge in [-0.1, -0.05) is 36.8 Å². The maximum Gasteiger partial charge on any atom is 0.184 e. The molecule has 0 bridgehead atoms. The number of allylic oxidation sites excluding steroid dienone is 1. The maximum absolute atomic E-state index is 13.1. The highest BCUT2D eigenvalue weighted by Crippen LogP contribution is 2.69. The second-order valence-corrected chi connectivity index (χ2v) is 8.89. The number of aryl methyl sites for hydroxylation is 1. The van der Waals surface area contributed by atoms with E-state index in [1.807, 2.05) is 26.0 Å². The lowest BCUT2D eigenvalue weighted by molar-refractivity contribution is 0.503. The fourth-order valence-corrected chi connectivity index (χ4v) is 6.71. The predicted molar refractivity (Wildman–Crippen MR) is 81.3 cm³/mol. The van der Waals surface area contributed by atoms with Crippen LogP contribution in [0.1, 0.15) is 32.3 Å². The van der Waals surface area contributed by atoms with E-state index in [0.717, 1.165) is 24.0 Å². The van der Waals surface area contributed by atoms with E-state index in [-0.39, 0.29) is 5.92 Å². The SMILES string of the molecule is C=C(C)[C@H]1C[C@H]2[C@@H](C)[C@@]2(S(=O)(=O)c2ccc(C)cc2)C1. The third-order valence-electron chi connectivity index (χ3n) is 5.53. The molecular weight excluding hydrogens is 268 g/mol. The quantitative estimate of drug-likeness (QED) is 0.794. The highest BCUT2D eigenvalue weighted by atomic mass is 32.2. The summed E-state index contributed by atoms with van der Waals surface area (Å²) in [5.41, 5.74) is 2.22. The molecule has 2 nitrogen and oxygen atoms in total. The van der Waals surface area contributed by atoms with E-state index >= 15 is 0 Å². The zero-order chi connectivity index (χ0) is 14.7. The van der Waals surface area contributed by atoms with Gasteiger partial charge in [0.2, 0.25) is 0 Å². The molecule has 0 aromatic heterocycles. The molecule has 20 heavy (non-hydrogen) atoms. The third kappa shape index (κ3) is 1.65. The van der Waals surface area contributed by atoms with Crippen molar-refractivity contribution in [1.82, 2.24) is 0 Å². The Morgan fingerprint density at radius 3 is 2.45 bits per heavy atom. The van der Waals surface area contributed by atoms with Gasteiger partial charge < -0.3 is 0 Å². The van der Waals surface area contributed by atoms with Crippen LogP contribution in [0.2, 0.25) is 0 Å². The van der Waals surface area contributed by atoms with Gasteiger partial charge >= 0.3 is 0 Å². The predicted octanol–water partition coefficient (Wildman–Crippen LogP) is 3.76. The van der Waals surface area contributed by atoms with Gasteiger partial charge in [0, 0.05) is 0 Å². The van der Waals surface area contributed by atoms with Crippen molar-refractivity contribution in [1.29, 1.82) is 0 Å². The van der Waals surface area contributed by atoms with Gasteiger partial charge in [-0.3, -0.25) is 0 Å². The van der Waals surface area contributed by atoms with Crippen molar-refractivity contribution >= 4 is 9.84 Å². The van der Waals surface area contributed by atoms with Gasteiger partial charge in [0.1, 0.15) is 0 Å². The normalized spacial score (nSPS) is 35.6. The molecule has 2 saturated carbocycles. The molecule has 0 heterocycles. The van der Waals surface area contributed by atoms with Crippen molar-refractivity contribution in [3.8, 4) is 0 Å². The minimum atomic E-state index is -3.24. The van der Waals surface area contributed by atoms with Crippen molar-refractivity contribution < 1.29 is 8.42 Å². The smallest absolute Gasteiger partial charge is 0.184 e. The Labute approximate surface area is 121 Å². The summed E-state index contributed by atoms with van der Waals surface area (Å²) in [6.45, 7) is 10.1. The summed E-state index contributed by atoms with van der Waals surface area (Å²) in [5, 5.41) is 0. The molecule has 2 aliphatic rings. The summed E-state index contributed by atoms with van der Waals surface area (Å²) in [6, 6.07) is 7.29. The molecule has 108 valence electrons. The van der Waals surface area contributed by atoms with E-state index in [1.165, 1.54) is 0 Å². The Balaban J connectivity index is 2.00. The summed E-state index contributed by atoms with van der Waals surface area (Å²) in [7, 11) is -3.24. The Kier molecular flexibility index (Phi) is 2.91. The molecule has 0 aliphatic heterocycles. The summed E-state index contributed by atoms with van der Waals surface area (Å²) in [5.74, 6) is 0.969. The molecule has 3 rings (SSSR count). The number of hydrogen-bond acceptors (Lipinski definition) is 2. The van der Waals surface area contributed by atoms with Gasteiger partial charge in [-0.2, -0.15) is 0 Å². The lowest BCUT2D eigenvalue weighted by atomic mass is 9.94. The number of rotatable bonds is 3. The van der Waals surface area contributed by atoms with Crippen LogP contribution in [0.25, 0.3) is 0 Å². The van der Waals surface area contributed by atoms with E-state index in [2.05, 4.69) is 13.5 Å². The minimum absolute atomic E-state index is 0.282. The molecule has 0 N–H and O–H groups in total. The number of fused-ring (bicyclic) bond motifs is 1. The van der Waals surface area contributed by atoms with Gasteiger partial charge in [-0.15, -0.1) is 0 Å². The largest absolute Gasteiger partial charge is 0.223 e. The third-order valence-corrected chi connectivity index (χ3v) is 8.26. The summed E-state index contributed by atoms with van der Waals surface area (Å²) in [6.07, 6.45) is 1.74. The van der Waals surface area contributed by atoms with Crippen LogP contribution in [-0.4, -0.2) is 13.2 Å². The highest BCUT2D eigenvalue weighted by Gasteiger charge is 2.73. The van der Waals surface area contributed by atoms with Crippen molar-refractivity contribution in [2.45, 2.75) is 43.3 Å². The van der Waals surface area contributed by atoms with Crippen LogP contribution >= 0.6 is 0 Å². The lowest BCUT2D eigenvalue weighted by Crippen LogP contribution is -2.26. The molecule has 4 atom stereocenters. The van der Waals surface area contributed by atoms with E-state index in [0.29, 0.717) is 16.7 Å². The molecule has 0 amide bonds. The van der Waals surface area contributed by atoms with Crippen LogP contribution in [0.15, 0.2) is 41.3 Å². The van der Waals surface area contributed by atoms with Crippen LogP contribution in [-0.2, 0) is 9.84 Å². The van der Waals surface area contributed by atoms with Crippen LogP contribution in [0.3, 0.4) is 0 Å². The molecule has 0 unspecified atom stereocenters. The maximum atomic E-state index is 13.1. The minimum Gasteiger partial charge on any atom is -0.223 e. The van der Waals surface area contributed by atoms with Crippen LogP contribution in [0.4, 0.5) is 0 Å². The first-order chi connectivity index (χ1) is 9.30. The average Bonchev–Trinajstić information content (AvgIpc) is 2.80. The van der Waals surface area contributed by atoms with Crippen molar-refractivity contribution in [2.24, 2.45) is 17.8 Å². The lowest BCUT2D eigenvalue weighted by Gasteiger charge is -2.19. The molecule has 0 spiro atoms. The topological polar surface area (TPSA) is 34.1 Å². The fourth-order valence-electron chi connectivity index (χ4n) is 4.07. The van der Waals surface area contributed by atoms with Crippen LogP contribution in [0.5, 0.6) is 0 Å². The van der Waals surface area contributed by atoms with Gasteiger partial charge in [0.15, 0.2) is 9.84 Å². The molecule has 0 radical (unpaired) electrons. The molecule has 2 fully saturated rings. The molecule has 1 aromatic carbocycles. The van der Waals surface area contributed by atoms with Crippen molar-refractivity contribution in [3.63, 3.8) is 0 Å². The molecule has 3 heteroatoms. The second-order valence-electron chi connectivity index (χ2n) is 6.65. The Morgan fingerprint density at radius 2 is 1.90 bits per heavy atom. The zero-order valence-electron chi connectivity index (χ0n) is 12.4. The summed E-state index contributed by atoms with van der Waals surface area (Å²) >= 11 is 0. The summed E-state index contributed by atoms with van der Waals surface area (Å²) < 4.78 is 25.6. The van der Waals surface area contributed by atoms with Gasteiger partial charge in [-0.05, 0) is 56.6 Å². The van der Waals surface area contributed by atoms with Gasteiger partial charge in [-0.25, -0.2) is 8.42 Å². The number of hydrogen-bond donors (Lipinski definition) is 0. The first-order valence-electron chi connectivity index (χ1n) is 7.27. The Bertz CT molecular complexity index is 657. The number of sulfone groups is 1. The molecule has 2 aliphatic carbocycles. The van der Waals surface area contributed by atoms with Crippen molar-refractivity contribution in [2.75, 3.05) is 0 Å². The fraction of sp³-hybridized carbons (Fsp3) is 0.529. The Morgan fingerprint density at radius 1 is 1.30 bits per heavy atom. The van der Waals surface area contributed by atoms with E-state index in [4.69, 9.17) is 0 Å².